The van der Waals surface area contributed by atoms with Crippen molar-refractivity contribution < 1.29 is 9.18 Å². The molecule has 1 fully saturated rings. The number of rotatable bonds is 4. The molecule has 1 N–H and O–H groups in total. The largest absolute Gasteiger partial charge is 0.349 e. The fraction of sp³-hybridized carbons (Fsp3) is 0.571. The van der Waals surface area contributed by atoms with Crippen molar-refractivity contribution in [3.63, 3.8) is 0 Å². The topological polar surface area (TPSA) is 45.2 Å². The average Bonchev–Trinajstić information content (AvgIpc) is 2.41. The van der Waals surface area contributed by atoms with Gasteiger partial charge in [0.15, 0.2) is 0 Å². The van der Waals surface area contributed by atoms with E-state index in [4.69, 9.17) is 0 Å². The lowest BCUT2D eigenvalue weighted by molar-refractivity contribution is 0.0910. The first kappa shape index (κ1) is 13.9. The second-order valence-corrected chi connectivity index (χ2v) is 4.96. The maximum atomic E-state index is 12.9. The van der Waals surface area contributed by atoms with Gasteiger partial charge in [-0.05, 0) is 31.9 Å². The molecule has 1 saturated heterocycles. The van der Waals surface area contributed by atoms with Crippen LogP contribution in [0.2, 0.25) is 0 Å². The predicted octanol–water partition coefficient (Wildman–Crippen LogP) is 1.82. The summed E-state index contributed by atoms with van der Waals surface area (Å²) in [5, 5.41) is 2.96. The SMILES string of the molecule is CCCN1CCC(NC(=O)c2ccnc(F)c2)CC1. The van der Waals surface area contributed by atoms with Gasteiger partial charge in [0.2, 0.25) is 5.95 Å². The Morgan fingerprint density at radius 2 is 2.26 bits per heavy atom. The Kier molecular flexibility index (Phi) is 4.85. The van der Waals surface area contributed by atoms with E-state index >= 15 is 0 Å². The number of halogens is 1. The third-order valence-electron chi connectivity index (χ3n) is 3.45. The van der Waals surface area contributed by atoms with Gasteiger partial charge in [-0.25, -0.2) is 4.98 Å². The molecule has 0 saturated carbocycles. The first-order chi connectivity index (χ1) is 9.19. The number of amides is 1. The third-order valence-corrected chi connectivity index (χ3v) is 3.45. The van der Waals surface area contributed by atoms with Crippen molar-refractivity contribution in [2.45, 2.75) is 32.2 Å². The van der Waals surface area contributed by atoms with Crippen molar-refractivity contribution in [3.05, 3.63) is 29.8 Å². The van der Waals surface area contributed by atoms with Crippen LogP contribution in [0.5, 0.6) is 0 Å². The molecule has 1 aliphatic heterocycles. The summed E-state index contributed by atoms with van der Waals surface area (Å²) in [5.74, 6) is -0.833. The van der Waals surface area contributed by atoms with Crippen molar-refractivity contribution in [3.8, 4) is 0 Å². The van der Waals surface area contributed by atoms with Crippen LogP contribution in [0, 0.1) is 5.95 Å². The monoisotopic (exact) mass is 265 g/mol. The lowest BCUT2D eigenvalue weighted by Gasteiger charge is -2.32. The molecule has 1 aromatic heterocycles. The van der Waals surface area contributed by atoms with E-state index in [-0.39, 0.29) is 11.9 Å². The molecule has 0 radical (unpaired) electrons. The molecular weight excluding hydrogens is 245 g/mol. The van der Waals surface area contributed by atoms with Gasteiger partial charge in [-0.3, -0.25) is 4.79 Å². The van der Waals surface area contributed by atoms with Crippen LogP contribution in [0.1, 0.15) is 36.5 Å². The highest BCUT2D eigenvalue weighted by Gasteiger charge is 2.20. The summed E-state index contributed by atoms with van der Waals surface area (Å²) in [5.41, 5.74) is 0.337. The Balaban J connectivity index is 1.84. The van der Waals surface area contributed by atoms with Gasteiger partial charge in [0.1, 0.15) is 0 Å². The van der Waals surface area contributed by atoms with Crippen LogP contribution < -0.4 is 5.32 Å². The smallest absolute Gasteiger partial charge is 0.251 e. The molecule has 1 aromatic rings. The Hall–Kier alpha value is -1.49. The fourth-order valence-electron chi connectivity index (χ4n) is 2.43. The molecule has 0 spiro atoms. The van der Waals surface area contributed by atoms with Gasteiger partial charge >= 0.3 is 0 Å². The maximum Gasteiger partial charge on any atom is 0.251 e. The van der Waals surface area contributed by atoms with Crippen LogP contribution in [0.15, 0.2) is 18.3 Å². The molecule has 4 nitrogen and oxygen atoms in total. The molecule has 0 unspecified atom stereocenters. The number of likely N-dealkylation sites (tertiary alicyclic amines) is 1. The van der Waals surface area contributed by atoms with E-state index in [1.807, 2.05) is 0 Å². The first-order valence-corrected chi connectivity index (χ1v) is 6.84. The van der Waals surface area contributed by atoms with E-state index in [9.17, 15) is 9.18 Å². The number of piperidine rings is 1. The van der Waals surface area contributed by atoms with Gasteiger partial charge in [-0.1, -0.05) is 6.92 Å². The summed E-state index contributed by atoms with van der Waals surface area (Å²) in [6.07, 6.45) is 4.39. The summed E-state index contributed by atoms with van der Waals surface area (Å²) in [6, 6.07) is 2.89. The van der Waals surface area contributed by atoms with Gasteiger partial charge in [0.05, 0.1) is 0 Å². The highest BCUT2D eigenvalue weighted by Crippen LogP contribution is 2.11. The fourth-order valence-corrected chi connectivity index (χ4v) is 2.43. The third kappa shape index (κ3) is 3.99. The molecule has 19 heavy (non-hydrogen) atoms. The zero-order valence-electron chi connectivity index (χ0n) is 11.2. The summed E-state index contributed by atoms with van der Waals surface area (Å²) >= 11 is 0. The molecule has 2 heterocycles. The average molecular weight is 265 g/mol. The van der Waals surface area contributed by atoms with E-state index in [0.29, 0.717) is 5.56 Å². The minimum atomic E-state index is -0.620. The van der Waals surface area contributed by atoms with E-state index in [0.717, 1.165) is 38.9 Å². The van der Waals surface area contributed by atoms with Gasteiger partial charge in [0.25, 0.3) is 5.91 Å². The standard InChI is InChI=1S/C14H20FN3O/c1-2-7-18-8-4-12(5-9-18)17-14(19)11-3-6-16-13(15)10-11/h3,6,10,12H,2,4-5,7-9H2,1H3,(H,17,19). The van der Waals surface area contributed by atoms with Crippen molar-refractivity contribution in [1.29, 1.82) is 0 Å². The zero-order chi connectivity index (χ0) is 13.7. The zero-order valence-corrected chi connectivity index (χ0v) is 11.2. The molecule has 1 aliphatic rings. The van der Waals surface area contributed by atoms with Crippen LogP contribution in [-0.4, -0.2) is 41.5 Å². The normalized spacial score (nSPS) is 17.4. The van der Waals surface area contributed by atoms with Crippen molar-refractivity contribution >= 4 is 5.91 Å². The lowest BCUT2D eigenvalue weighted by atomic mass is 10.0. The van der Waals surface area contributed by atoms with E-state index < -0.39 is 5.95 Å². The molecule has 2 rings (SSSR count). The Morgan fingerprint density at radius 3 is 2.89 bits per heavy atom. The van der Waals surface area contributed by atoms with E-state index in [2.05, 4.69) is 22.1 Å². The maximum absolute atomic E-state index is 12.9. The number of nitrogens with zero attached hydrogens (tertiary/aromatic N) is 2. The van der Waals surface area contributed by atoms with Crippen LogP contribution in [0.3, 0.4) is 0 Å². The number of pyridine rings is 1. The van der Waals surface area contributed by atoms with Gasteiger partial charge < -0.3 is 10.2 Å². The second kappa shape index (κ2) is 6.61. The number of hydrogen-bond acceptors (Lipinski definition) is 3. The van der Waals surface area contributed by atoms with E-state index in [1.165, 1.54) is 18.3 Å². The molecule has 0 aliphatic carbocycles. The van der Waals surface area contributed by atoms with Crippen molar-refractivity contribution in [1.82, 2.24) is 15.2 Å². The highest BCUT2D eigenvalue weighted by atomic mass is 19.1. The molecule has 104 valence electrons. The minimum Gasteiger partial charge on any atom is -0.349 e. The summed E-state index contributed by atoms with van der Waals surface area (Å²) in [4.78, 5) is 17.8. The molecule has 0 aromatic carbocycles. The molecular formula is C14H20FN3O. The minimum absolute atomic E-state index is 0.192. The predicted molar refractivity (Wildman–Crippen MR) is 71.4 cm³/mol. The Morgan fingerprint density at radius 1 is 1.53 bits per heavy atom. The molecule has 0 atom stereocenters. The van der Waals surface area contributed by atoms with Crippen LogP contribution >= 0.6 is 0 Å². The first-order valence-electron chi connectivity index (χ1n) is 6.84. The Labute approximate surface area is 113 Å². The molecule has 1 amide bonds. The van der Waals surface area contributed by atoms with Gasteiger partial charge in [0, 0.05) is 37.0 Å². The summed E-state index contributed by atoms with van der Waals surface area (Å²) in [7, 11) is 0. The number of nitrogens with one attached hydrogen (secondary N) is 1. The summed E-state index contributed by atoms with van der Waals surface area (Å²) in [6.45, 7) is 5.33. The van der Waals surface area contributed by atoms with E-state index in [1.54, 1.807) is 0 Å². The van der Waals surface area contributed by atoms with Crippen molar-refractivity contribution in [2.24, 2.45) is 0 Å². The lowest BCUT2D eigenvalue weighted by Crippen LogP contribution is -2.44. The molecule has 0 bridgehead atoms. The quantitative estimate of drug-likeness (QED) is 0.845. The van der Waals surface area contributed by atoms with Crippen LogP contribution in [0.25, 0.3) is 0 Å². The van der Waals surface area contributed by atoms with Gasteiger partial charge in [-0.2, -0.15) is 4.39 Å². The number of hydrogen-bond donors (Lipinski definition) is 1. The second-order valence-electron chi connectivity index (χ2n) is 4.96. The van der Waals surface area contributed by atoms with Crippen LogP contribution in [0.4, 0.5) is 4.39 Å². The molecule has 5 heteroatoms. The Bertz CT molecular complexity index is 430. The number of aromatic nitrogens is 1. The number of carbonyl (C=O) groups excluding carboxylic acids is 1. The highest BCUT2D eigenvalue weighted by molar-refractivity contribution is 5.94. The summed E-state index contributed by atoms with van der Waals surface area (Å²) < 4.78 is 12.9. The van der Waals surface area contributed by atoms with Crippen molar-refractivity contribution in [2.75, 3.05) is 19.6 Å². The van der Waals surface area contributed by atoms with Crippen LogP contribution in [-0.2, 0) is 0 Å². The number of carbonyl (C=O) groups is 1. The van der Waals surface area contributed by atoms with Gasteiger partial charge in [-0.15, -0.1) is 0 Å².